The largest absolute Gasteiger partial charge is 0.387 e. The number of pyridine rings is 1. The van der Waals surface area contributed by atoms with Gasteiger partial charge < -0.3 is 20.9 Å². The number of hydrogen-bond donors (Lipinski definition) is 3. The molecule has 0 bridgehead atoms. The molecule has 1 aromatic heterocycles. The molecule has 13 rings (SSSR count). The molecule has 9 aromatic rings. The standard InChI is InChI=1S/C74H59N5/c1-79-31-11-27-66(50-79)54-15-5-19-58(35-54)70-39-69(57-18-4-14-53(34-57)65-26-10-30-77-47-65)42-72(43-70)60-21-7-23-62(37-60)74-44-73(48-78-49-74)61-22-6-20-59(36-61)71-40-67(55-16-2-12-51(32-55)63-24-8-28-75-45-63)38-68(41-71)56-17-3-13-52(33-56)64-25-9-29-76-46-64/h2-28,30,32-44,46-48,50,75-76,78H,29,31,45,49H2,1H3. The van der Waals surface area contributed by atoms with Crippen molar-refractivity contribution < 1.29 is 0 Å². The molecule has 0 fully saturated rings. The zero-order chi connectivity index (χ0) is 52.9. The molecular formula is C74H59N5. The van der Waals surface area contributed by atoms with Crippen molar-refractivity contribution in [3.8, 4) is 77.9 Å². The Morgan fingerprint density at radius 3 is 1.29 bits per heavy atom. The maximum absolute atomic E-state index is 4.43. The molecule has 0 spiro atoms. The van der Waals surface area contributed by atoms with Gasteiger partial charge in [0.2, 0.25) is 0 Å². The van der Waals surface area contributed by atoms with Gasteiger partial charge in [-0.15, -0.1) is 0 Å². The van der Waals surface area contributed by atoms with E-state index in [1.165, 1.54) is 83.5 Å². The minimum absolute atomic E-state index is 0.723. The molecule has 5 heterocycles. The van der Waals surface area contributed by atoms with Crippen LogP contribution in [0.4, 0.5) is 0 Å². The Kier molecular flexibility index (Phi) is 13.5. The average Bonchev–Trinajstić information content (AvgIpc) is 3.61. The van der Waals surface area contributed by atoms with E-state index in [2.05, 4.69) is 282 Å². The highest BCUT2D eigenvalue weighted by atomic mass is 15.1. The van der Waals surface area contributed by atoms with Crippen molar-refractivity contribution in [1.82, 2.24) is 25.8 Å². The van der Waals surface area contributed by atoms with Gasteiger partial charge in [-0.25, -0.2) is 0 Å². The van der Waals surface area contributed by atoms with E-state index in [1.807, 2.05) is 24.7 Å². The Bertz CT molecular complexity index is 4070. The number of aromatic nitrogens is 1. The molecule has 4 aliphatic heterocycles. The Morgan fingerprint density at radius 1 is 0.380 bits per heavy atom. The van der Waals surface area contributed by atoms with Crippen molar-refractivity contribution in [3.05, 3.63) is 302 Å². The van der Waals surface area contributed by atoms with Crippen LogP contribution in [0.2, 0.25) is 0 Å². The third kappa shape index (κ3) is 10.8. The van der Waals surface area contributed by atoms with Gasteiger partial charge in [-0.3, -0.25) is 4.98 Å². The van der Waals surface area contributed by atoms with Gasteiger partial charge in [0.25, 0.3) is 0 Å². The second-order valence-electron chi connectivity index (χ2n) is 20.7. The van der Waals surface area contributed by atoms with Crippen LogP contribution in [0.25, 0.3) is 106 Å². The minimum Gasteiger partial charge on any atom is -0.387 e. The normalized spacial score (nSPS) is 14.7. The van der Waals surface area contributed by atoms with E-state index in [4.69, 9.17) is 0 Å². The third-order valence-corrected chi connectivity index (χ3v) is 15.3. The number of nitrogens with zero attached hydrogens (tertiary/aromatic N) is 2. The van der Waals surface area contributed by atoms with E-state index in [1.54, 1.807) is 0 Å². The van der Waals surface area contributed by atoms with Gasteiger partial charge in [-0.1, -0.05) is 146 Å². The first-order valence-corrected chi connectivity index (χ1v) is 27.3. The summed E-state index contributed by atoms with van der Waals surface area (Å²) >= 11 is 0. The molecule has 0 aliphatic carbocycles. The summed E-state index contributed by atoms with van der Waals surface area (Å²) in [6, 6.07) is 71.9. The van der Waals surface area contributed by atoms with Crippen molar-refractivity contribution in [2.24, 2.45) is 0 Å². The van der Waals surface area contributed by atoms with Crippen molar-refractivity contribution in [3.63, 3.8) is 0 Å². The van der Waals surface area contributed by atoms with Crippen molar-refractivity contribution in [2.75, 3.05) is 33.2 Å². The highest BCUT2D eigenvalue weighted by molar-refractivity contribution is 5.91. The molecule has 4 aliphatic rings. The third-order valence-electron chi connectivity index (χ3n) is 15.3. The lowest BCUT2D eigenvalue weighted by molar-refractivity contribution is 0.507. The molecule has 0 amide bonds. The average molecular weight is 1020 g/mol. The van der Waals surface area contributed by atoms with E-state index in [9.17, 15) is 0 Å². The Morgan fingerprint density at radius 2 is 0.797 bits per heavy atom. The van der Waals surface area contributed by atoms with Gasteiger partial charge in [0.05, 0.1) is 0 Å². The van der Waals surface area contributed by atoms with Gasteiger partial charge in [-0.05, 0) is 225 Å². The number of allylic oxidation sites excluding steroid dienone is 8. The summed E-state index contributed by atoms with van der Waals surface area (Å²) < 4.78 is 0. The molecule has 0 atom stereocenters. The van der Waals surface area contributed by atoms with Crippen LogP contribution in [-0.4, -0.2) is 43.1 Å². The highest BCUT2D eigenvalue weighted by Crippen LogP contribution is 2.39. The van der Waals surface area contributed by atoms with Crippen LogP contribution in [-0.2, 0) is 0 Å². The van der Waals surface area contributed by atoms with Crippen molar-refractivity contribution >= 4 is 27.9 Å². The lowest BCUT2D eigenvalue weighted by Crippen LogP contribution is -2.14. The molecule has 0 saturated carbocycles. The molecule has 380 valence electrons. The van der Waals surface area contributed by atoms with E-state index in [0.717, 1.165) is 76.3 Å². The van der Waals surface area contributed by atoms with Crippen LogP contribution >= 0.6 is 0 Å². The summed E-state index contributed by atoms with van der Waals surface area (Å²) in [5, 5.41) is 10.4. The zero-order valence-corrected chi connectivity index (χ0v) is 44.2. The van der Waals surface area contributed by atoms with E-state index in [0.29, 0.717) is 0 Å². The number of likely N-dealkylation sites (N-methyl/N-ethyl adjacent to an activating group) is 1. The fourth-order valence-corrected chi connectivity index (χ4v) is 11.2. The van der Waals surface area contributed by atoms with Gasteiger partial charge in [0, 0.05) is 69.8 Å². The second-order valence-corrected chi connectivity index (χ2v) is 20.7. The molecular weight excluding hydrogens is 959 g/mol. The smallest absolute Gasteiger partial charge is 0.0401 e. The number of dihydropyridines is 3. The molecule has 79 heavy (non-hydrogen) atoms. The molecule has 0 saturated heterocycles. The number of hydrogen-bond acceptors (Lipinski definition) is 5. The number of rotatable bonds is 12. The van der Waals surface area contributed by atoms with Crippen LogP contribution in [0.15, 0.2) is 274 Å². The number of benzene rings is 8. The SMILES string of the molecule is CN1C=C(c2cccc(-c3cc(-c4cccc(C5=CC(c6cccc(-c7cc(-c8cccc(C9=CNCC=C9)c8)cc(-c8cccc(C9=CC=CNC9)c8)c7)c6)=CNC5)c4)cc(-c4cccc(-c5cccnc5)c4)c3)c2)C=CC1. The van der Waals surface area contributed by atoms with E-state index < -0.39 is 0 Å². The van der Waals surface area contributed by atoms with E-state index in [-0.39, 0.29) is 0 Å². The Hall–Kier alpha value is -9.97. The predicted molar refractivity (Wildman–Crippen MR) is 333 cm³/mol. The zero-order valence-electron chi connectivity index (χ0n) is 44.2. The summed E-state index contributed by atoms with van der Waals surface area (Å²) in [4.78, 5) is 6.65. The van der Waals surface area contributed by atoms with Gasteiger partial charge in [0.1, 0.15) is 0 Å². The summed E-state index contributed by atoms with van der Waals surface area (Å²) in [6.07, 6.45) is 27.8. The maximum Gasteiger partial charge on any atom is 0.0401 e. The monoisotopic (exact) mass is 1020 g/mol. The lowest BCUT2D eigenvalue weighted by Gasteiger charge is -2.19. The minimum atomic E-state index is 0.723. The molecule has 3 N–H and O–H groups in total. The summed E-state index contributed by atoms with van der Waals surface area (Å²) in [5.74, 6) is 0. The molecule has 8 aromatic carbocycles. The van der Waals surface area contributed by atoms with Gasteiger partial charge in [-0.2, -0.15) is 0 Å². The first kappa shape index (κ1) is 48.7. The summed E-state index contributed by atoms with van der Waals surface area (Å²) in [6.45, 7) is 3.29. The maximum atomic E-state index is 4.43. The molecule has 5 nitrogen and oxygen atoms in total. The summed E-state index contributed by atoms with van der Waals surface area (Å²) in [5.41, 5.74) is 28.3. The first-order chi connectivity index (χ1) is 39.0. The van der Waals surface area contributed by atoms with Crippen LogP contribution in [0, 0.1) is 0 Å². The number of nitrogens with one attached hydrogen (secondary N) is 3. The lowest BCUT2D eigenvalue weighted by atomic mass is 9.89. The van der Waals surface area contributed by atoms with Crippen LogP contribution in [0.3, 0.4) is 0 Å². The quantitative estimate of drug-likeness (QED) is 0.114. The van der Waals surface area contributed by atoms with Crippen LogP contribution < -0.4 is 16.0 Å². The fraction of sp³-hybridized carbons (Fsp3) is 0.0676. The van der Waals surface area contributed by atoms with Crippen molar-refractivity contribution in [1.29, 1.82) is 0 Å². The second kappa shape index (κ2) is 21.9. The van der Waals surface area contributed by atoms with Crippen molar-refractivity contribution in [2.45, 2.75) is 0 Å². The van der Waals surface area contributed by atoms with Crippen LogP contribution in [0.1, 0.15) is 27.8 Å². The topological polar surface area (TPSA) is 52.2 Å². The molecule has 5 heteroatoms. The Balaban J connectivity index is 0.852. The highest BCUT2D eigenvalue weighted by Gasteiger charge is 2.17. The molecule has 0 radical (unpaired) electrons. The Labute approximate surface area is 464 Å². The summed E-state index contributed by atoms with van der Waals surface area (Å²) in [7, 11) is 2.13. The van der Waals surface area contributed by atoms with Gasteiger partial charge >= 0.3 is 0 Å². The van der Waals surface area contributed by atoms with E-state index >= 15 is 0 Å². The first-order valence-electron chi connectivity index (χ1n) is 27.3. The fourth-order valence-electron chi connectivity index (χ4n) is 11.2. The van der Waals surface area contributed by atoms with Crippen LogP contribution in [0.5, 0.6) is 0 Å². The predicted octanol–water partition coefficient (Wildman–Crippen LogP) is 16.6. The van der Waals surface area contributed by atoms with Gasteiger partial charge in [0.15, 0.2) is 0 Å². The molecule has 0 unspecified atom stereocenters.